The van der Waals surface area contributed by atoms with Gasteiger partial charge in [0.2, 0.25) is 6.04 Å². The molecule has 0 radical (unpaired) electrons. The fourth-order valence-electron chi connectivity index (χ4n) is 2.43. The highest BCUT2D eigenvalue weighted by Crippen LogP contribution is 2.19. The van der Waals surface area contributed by atoms with Crippen molar-refractivity contribution >= 4 is 0 Å². The first-order valence-electron chi connectivity index (χ1n) is 6.59. The van der Waals surface area contributed by atoms with Gasteiger partial charge in [0.15, 0.2) is 0 Å². The standard InChI is InChI=1S/C6H11NO2.C6H13N.CH4/c8-7(9)6-4-2-1-3-5-6;7-6-4-2-1-3-5-6;/h6H,1-5H2;6H,1-5,7H2;1H4. The Hall–Kier alpha value is -0.640. The highest BCUT2D eigenvalue weighted by atomic mass is 16.6. The van der Waals surface area contributed by atoms with Crippen LogP contribution in [0.2, 0.25) is 0 Å². The molecule has 0 heterocycles. The molecule has 102 valence electrons. The van der Waals surface area contributed by atoms with Gasteiger partial charge in [-0.25, -0.2) is 0 Å². The van der Waals surface area contributed by atoms with Crippen molar-refractivity contribution in [1.29, 1.82) is 0 Å². The van der Waals surface area contributed by atoms with E-state index in [1.54, 1.807) is 0 Å². The maximum atomic E-state index is 10.2. The highest BCUT2D eigenvalue weighted by Gasteiger charge is 2.21. The van der Waals surface area contributed by atoms with Crippen molar-refractivity contribution in [3.63, 3.8) is 0 Å². The fourth-order valence-corrected chi connectivity index (χ4v) is 2.43. The molecular weight excluding hydrogens is 216 g/mol. The Morgan fingerprint density at radius 2 is 1.29 bits per heavy atom. The van der Waals surface area contributed by atoms with Gasteiger partial charge in [-0.15, -0.1) is 0 Å². The number of rotatable bonds is 1. The quantitative estimate of drug-likeness (QED) is 0.567. The number of nitrogens with zero attached hydrogens (tertiary/aromatic N) is 1. The lowest BCUT2D eigenvalue weighted by Gasteiger charge is -2.15. The Kier molecular flexibility index (Phi) is 9.04. The first-order valence-corrected chi connectivity index (χ1v) is 6.59. The second-order valence-electron chi connectivity index (χ2n) is 4.98. The molecule has 2 aliphatic rings. The van der Waals surface area contributed by atoms with Crippen molar-refractivity contribution in [2.75, 3.05) is 0 Å². The average molecular weight is 244 g/mol. The van der Waals surface area contributed by atoms with E-state index in [9.17, 15) is 10.1 Å². The fraction of sp³-hybridized carbons (Fsp3) is 1.00. The van der Waals surface area contributed by atoms with E-state index in [0.717, 1.165) is 25.7 Å². The van der Waals surface area contributed by atoms with E-state index in [1.165, 1.54) is 38.5 Å². The molecule has 0 aliphatic heterocycles. The van der Waals surface area contributed by atoms with Gasteiger partial charge in [-0.05, 0) is 25.7 Å². The smallest absolute Gasteiger partial charge is 0.213 e. The summed E-state index contributed by atoms with van der Waals surface area (Å²) in [5, 5.41) is 10.2. The largest absolute Gasteiger partial charge is 0.328 e. The monoisotopic (exact) mass is 244 g/mol. The van der Waals surface area contributed by atoms with Crippen molar-refractivity contribution in [3.8, 4) is 0 Å². The molecule has 0 bridgehead atoms. The summed E-state index contributed by atoms with van der Waals surface area (Å²) < 4.78 is 0. The zero-order chi connectivity index (χ0) is 11.8. The molecule has 2 N–H and O–H groups in total. The Morgan fingerprint density at radius 1 is 0.882 bits per heavy atom. The van der Waals surface area contributed by atoms with Crippen molar-refractivity contribution in [3.05, 3.63) is 10.1 Å². The van der Waals surface area contributed by atoms with Gasteiger partial charge >= 0.3 is 0 Å². The lowest BCUT2D eigenvalue weighted by molar-refractivity contribution is -0.526. The van der Waals surface area contributed by atoms with Gasteiger partial charge in [0.1, 0.15) is 0 Å². The van der Waals surface area contributed by atoms with E-state index in [2.05, 4.69) is 0 Å². The van der Waals surface area contributed by atoms with Gasteiger partial charge in [0, 0.05) is 23.8 Å². The van der Waals surface area contributed by atoms with E-state index >= 15 is 0 Å². The van der Waals surface area contributed by atoms with E-state index in [4.69, 9.17) is 5.73 Å². The summed E-state index contributed by atoms with van der Waals surface area (Å²) in [5.74, 6) is 0. The topological polar surface area (TPSA) is 69.2 Å². The summed E-state index contributed by atoms with van der Waals surface area (Å²) in [7, 11) is 0. The Balaban J connectivity index is 0.000000292. The molecule has 4 heteroatoms. The second-order valence-corrected chi connectivity index (χ2v) is 4.98. The van der Waals surface area contributed by atoms with Crippen LogP contribution in [0.1, 0.15) is 71.6 Å². The van der Waals surface area contributed by atoms with E-state index in [1.807, 2.05) is 0 Å². The summed E-state index contributed by atoms with van der Waals surface area (Å²) in [6.07, 6.45) is 11.5. The summed E-state index contributed by atoms with van der Waals surface area (Å²) in [6, 6.07) is 0.312. The molecule has 0 aromatic heterocycles. The maximum Gasteiger partial charge on any atom is 0.213 e. The van der Waals surface area contributed by atoms with Gasteiger partial charge in [-0.2, -0.15) is 0 Å². The Bertz CT molecular complexity index is 198. The van der Waals surface area contributed by atoms with Crippen LogP contribution in [0.5, 0.6) is 0 Å². The molecule has 2 fully saturated rings. The molecule has 0 unspecified atom stereocenters. The normalized spacial score (nSPS) is 21.9. The minimum Gasteiger partial charge on any atom is -0.328 e. The molecular formula is C13H28N2O2. The number of nitro groups is 1. The van der Waals surface area contributed by atoms with Crippen LogP contribution in [0, 0.1) is 10.1 Å². The Labute approximate surface area is 105 Å². The number of hydrogen-bond donors (Lipinski definition) is 1. The zero-order valence-electron chi connectivity index (χ0n) is 10.1. The molecule has 4 nitrogen and oxygen atoms in total. The molecule has 2 rings (SSSR count). The number of nitrogens with two attached hydrogens (primary N) is 1. The third-order valence-corrected chi connectivity index (χ3v) is 3.52. The lowest BCUT2D eigenvalue weighted by Crippen LogP contribution is -2.22. The lowest BCUT2D eigenvalue weighted by atomic mass is 9.96. The number of hydrogen-bond acceptors (Lipinski definition) is 3. The van der Waals surface area contributed by atoms with Crippen molar-refractivity contribution in [1.82, 2.24) is 0 Å². The first kappa shape index (κ1) is 16.4. The summed E-state index contributed by atoms with van der Waals surface area (Å²) in [5.41, 5.74) is 5.63. The second kappa shape index (κ2) is 9.40. The molecule has 0 saturated heterocycles. The highest BCUT2D eigenvalue weighted by molar-refractivity contribution is 4.66. The van der Waals surface area contributed by atoms with Crippen LogP contribution in [0.4, 0.5) is 0 Å². The van der Waals surface area contributed by atoms with E-state index in [-0.39, 0.29) is 18.4 Å². The van der Waals surface area contributed by atoms with Crippen molar-refractivity contribution in [2.45, 2.75) is 83.7 Å². The van der Waals surface area contributed by atoms with Crippen LogP contribution in [-0.2, 0) is 0 Å². The first-order chi connectivity index (χ1) is 7.70. The van der Waals surface area contributed by atoms with E-state index < -0.39 is 0 Å². The van der Waals surface area contributed by atoms with Gasteiger partial charge in [-0.3, -0.25) is 10.1 Å². The van der Waals surface area contributed by atoms with Gasteiger partial charge in [0.05, 0.1) is 0 Å². The average Bonchev–Trinajstić information content (AvgIpc) is 2.32. The van der Waals surface area contributed by atoms with Crippen LogP contribution in [0.15, 0.2) is 0 Å². The van der Waals surface area contributed by atoms with Gasteiger partial charge in [-0.1, -0.05) is 33.1 Å². The third kappa shape index (κ3) is 7.31. The molecule has 0 amide bonds. The Morgan fingerprint density at radius 3 is 1.53 bits per heavy atom. The SMILES string of the molecule is C.NC1CCCCC1.O=[N+]([O-])C1CCCCC1. The molecule has 0 aromatic carbocycles. The molecule has 2 saturated carbocycles. The van der Waals surface area contributed by atoms with E-state index in [0.29, 0.717) is 6.04 Å². The summed E-state index contributed by atoms with van der Waals surface area (Å²) in [4.78, 5) is 10.0. The van der Waals surface area contributed by atoms with Gasteiger partial charge < -0.3 is 5.73 Å². The molecule has 2 aliphatic carbocycles. The molecule has 0 atom stereocenters. The predicted molar refractivity (Wildman–Crippen MR) is 71.7 cm³/mol. The third-order valence-electron chi connectivity index (χ3n) is 3.52. The molecule has 0 spiro atoms. The van der Waals surface area contributed by atoms with Crippen LogP contribution < -0.4 is 5.73 Å². The summed E-state index contributed by atoms with van der Waals surface area (Å²) in [6.45, 7) is 0. The van der Waals surface area contributed by atoms with Crippen LogP contribution in [0.3, 0.4) is 0 Å². The zero-order valence-corrected chi connectivity index (χ0v) is 10.1. The van der Waals surface area contributed by atoms with Crippen LogP contribution in [0.25, 0.3) is 0 Å². The predicted octanol–water partition coefficient (Wildman–Crippen LogP) is 3.51. The maximum absolute atomic E-state index is 10.2. The van der Waals surface area contributed by atoms with Gasteiger partial charge in [0.25, 0.3) is 0 Å². The summed E-state index contributed by atoms with van der Waals surface area (Å²) >= 11 is 0. The minimum atomic E-state index is -0.223. The minimum absolute atomic E-state index is 0. The van der Waals surface area contributed by atoms with Crippen LogP contribution in [-0.4, -0.2) is 17.0 Å². The molecule has 0 aromatic rings. The van der Waals surface area contributed by atoms with Crippen molar-refractivity contribution in [2.24, 2.45) is 5.73 Å². The molecule has 17 heavy (non-hydrogen) atoms. The van der Waals surface area contributed by atoms with Crippen molar-refractivity contribution < 1.29 is 4.92 Å². The van der Waals surface area contributed by atoms with Crippen LogP contribution >= 0.6 is 0 Å².